The highest BCUT2D eigenvalue weighted by Gasteiger charge is 2.32. The van der Waals surface area contributed by atoms with Gasteiger partial charge in [-0.1, -0.05) is 6.58 Å². The highest BCUT2D eigenvalue weighted by molar-refractivity contribution is 9.10. The maximum absolute atomic E-state index is 11.9. The molecule has 2 saturated heterocycles. The maximum atomic E-state index is 11.9. The van der Waals surface area contributed by atoms with Crippen molar-refractivity contribution in [3.63, 3.8) is 0 Å². The smallest absolute Gasteiger partial charge is 0.410 e. The summed E-state index contributed by atoms with van der Waals surface area (Å²) in [5, 5.41) is 8.89. The fraction of sp³-hybridized carbons (Fsp3) is 0.714. The minimum atomic E-state index is -2.88. The standard InChI is InChI=1S/C14H21F2NO4.C11H19NO4.C3H3BrF2/c1-14(2,3)21-13(19)17-7-4-5-10(9-17)12(18)20-8-6-11(15)16;1-11(2,3)16-10(15)12-6-4-5-8(7-12)9(13)14;1-2-3(4,5)6/h6,10H,4-5,7-9H2,1-3H3;8H,4-7H2,1-3H3,(H,13,14);2H,1H2. The minimum Gasteiger partial charge on any atom is -0.481 e. The molecule has 1 N–H and O–H groups in total. The molecule has 43 heavy (non-hydrogen) atoms. The number of hydrogen-bond donors (Lipinski definition) is 1. The molecule has 0 spiro atoms. The summed E-state index contributed by atoms with van der Waals surface area (Å²) in [7, 11) is 0. The van der Waals surface area contributed by atoms with Crippen LogP contribution in [0.1, 0.15) is 67.2 Å². The van der Waals surface area contributed by atoms with Crippen LogP contribution in [0.4, 0.5) is 27.2 Å². The number of carbonyl (C=O) groups is 4. The van der Waals surface area contributed by atoms with Gasteiger partial charge in [-0.15, -0.1) is 0 Å². The van der Waals surface area contributed by atoms with Gasteiger partial charge < -0.3 is 29.1 Å². The summed E-state index contributed by atoms with van der Waals surface area (Å²) >= 11 is 2.03. The lowest BCUT2D eigenvalue weighted by Crippen LogP contribution is -2.45. The predicted molar refractivity (Wildman–Crippen MR) is 154 cm³/mol. The van der Waals surface area contributed by atoms with Crippen LogP contribution in [0, 0.1) is 11.8 Å². The molecule has 0 aliphatic carbocycles. The largest absolute Gasteiger partial charge is 0.481 e. The van der Waals surface area contributed by atoms with E-state index in [9.17, 15) is 36.7 Å². The zero-order valence-electron chi connectivity index (χ0n) is 25.5. The number of amides is 2. The molecular weight excluding hydrogens is 648 g/mol. The van der Waals surface area contributed by atoms with E-state index in [1.165, 1.54) is 9.80 Å². The van der Waals surface area contributed by atoms with Crippen molar-refractivity contribution in [1.82, 2.24) is 9.80 Å². The number of ether oxygens (including phenoxy) is 3. The number of halogens is 5. The average molecular weight is 692 g/mol. The summed E-state index contributed by atoms with van der Waals surface area (Å²) in [6.45, 7) is 14.6. The predicted octanol–water partition coefficient (Wildman–Crippen LogP) is 6.84. The molecule has 0 aromatic heterocycles. The average Bonchev–Trinajstić information content (AvgIpc) is 2.87. The van der Waals surface area contributed by atoms with Crippen LogP contribution < -0.4 is 0 Å². The van der Waals surface area contributed by atoms with E-state index < -0.39 is 64.7 Å². The fourth-order valence-electron chi connectivity index (χ4n) is 3.64. The number of allylic oxidation sites excluding steroid dienone is 1. The molecule has 0 bridgehead atoms. The number of nitrogens with zero attached hydrogens (tertiary/aromatic N) is 2. The number of alkyl halides is 3. The van der Waals surface area contributed by atoms with Crippen molar-refractivity contribution in [1.29, 1.82) is 0 Å². The second kappa shape index (κ2) is 18.1. The third-order valence-corrected chi connectivity index (χ3v) is 5.85. The summed E-state index contributed by atoms with van der Waals surface area (Å²) in [5.41, 5.74) is -1.14. The SMILES string of the molecule is C=CC(F)(F)Br.CC(C)(C)OC(=O)N1CCCC(C(=O)O)C1.CC(C)(C)OC(=O)N1CCCC(C(=O)OCC=C(F)F)C1. The Morgan fingerprint density at radius 2 is 1.28 bits per heavy atom. The quantitative estimate of drug-likeness (QED) is 0.109. The highest BCUT2D eigenvalue weighted by atomic mass is 79.9. The Labute approximate surface area is 258 Å². The van der Waals surface area contributed by atoms with Crippen LogP contribution >= 0.6 is 15.9 Å². The van der Waals surface area contributed by atoms with Crippen LogP contribution in [0.3, 0.4) is 0 Å². The number of piperidine rings is 2. The van der Waals surface area contributed by atoms with Crippen molar-refractivity contribution in [2.24, 2.45) is 11.8 Å². The normalized spacial score (nSPS) is 18.9. The van der Waals surface area contributed by atoms with Gasteiger partial charge in [0.25, 0.3) is 6.08 Å². The molecule has 2 atom stereocenters. The third kappa shape index (κ3) is 19.9. The number of aliphatic carboxylic acids is 1. The molecule has 2 aliphatic rings. The van der Waals surface area contributed by atoms with Gasteiger partial charge in [-0.2, -0.15) is 17.6 Å². The first-order valence-corrected chi connectivity index (χ1v) is 14.4. The highest BCUT2D eigenvalue weighted by Crippen LogP contribution is 2.22. The molecule has 2 rings (SSSR count). The Morgan fingerprint density at radius 1 is 0.884 bits per heavy atom. The maximum Gasteiger partial charge on any atom is 0.410 e. The van der Waals surface area contributed by atoms with E-state index in [1.54, 1.807) is 41.5 Å². The Kier molecular flexibility index (Phi) is 16.9. The molecule has 2 amide bonds. The molecule has 15 heteroatoms. The van der Waals surface area contributed by atoms with Crippen LogP contribution in [0.15, 0.2) is 24.8 Å². The lowest BCUT2D eigenvalue weighted by molar-refractivity contribution is -0.149. The number of carboxylic acid groups (broad SMARTS) is 1. The lowest BCUT2D eigenvalue weighted by Gasteiger charge is -2.33. The summed E-state index contributed by atoms with van der Waals surface area (Å²) in [6, 6.07) is 0. The summed E-state index contributed by atoms with van der Waals surface area (Å²) in [5.74, 6) is -2.36. The van der Waals surface area contributed by atoms with E-state index in [2.05, 4.69) is 6.58 Å². The molecule has 2 aliphatic heterocycles. The van der Waals surface area contributed by atoms with Crippen molar-refractivity contribution in [2.75, 3.05) is 32.8 Å². The van der Waals surface area contributed by atoms with E-state index in [0.717, 1.165) is 6.42 Å². The van der Waals surface area contributed by atoms with Gasteiger partial charge in [0.05, 0.1) is 11.8 Å². The molecule has 2 heterocycles. The van der Waals surface area contributed by atoms with Gasteiger partial charge in [0.15, 0.2) is 0 Å². The second-order valence-electron chi connectivity index (χ2n) is 11.7. The number of carbonyl (C=O) groups excluding carboxylic acids is 3. The van der Waals surface area contributed by atoms with E-state index >= 15 is 0 Å². The topological polar surface area (TPSA) is 123 Å². The van der Waals surface area contributed by atoms with Crippen molar-refractivity contribution >= 4 is 40.1 Å². The first kappa shape index (κ1) is 40.2. The summed E-state index contributed by atoms with van der Waals surface area (Å²) < 4.78 is 61.4. The fourth-order valence-corrected chi connectivity index (χ4v) is 3.64. The van der Waals surface area contributed by atoms with E-state index in [4.69, 9.17) is 19.3 Å². The van der Waals surface area contributed by atoms with Gasteiger partial charge in [-0.05, 0) is 89.2 Å². The Hall–Kier alpha value is -2.84. The number of likely N-dealkylation sites (tertiary alicyclic amines) is 2. The van der Waals surface area contributed by atoms with Gasteiger partial charge >= 0.3 is 29.0 Å². The lowest BCUT2D eigenvalue weighted by atomic mass is 9.98. The number of rotatable bonds is 5. The van der Waals surface area contributed by atoms with Gasteiger partial charge in [0.1, 0.15) is 17.8 Å². The Morgan fingerprint density at radius 3 is 1.63 bits per heavy atom. The van der Waals surface area contributed by atoms with Crippen molar-refractivity contribution < 1.29 is 56.1 Å². The molecule has 2 unspecified atom stereocenters. The van der Waals surface area contributed by atoms with Crippen LogP contribution in [0.25, 0.3) is 0 Å². The Balaban J connectivity index is 0.000000707. The monoisotopic (exact) mass is 690 g/mol. The van der Waals surface area contributed by atoms with Crippen molar-refractivity contribution in [3.8, 4) is 0 Å². The molecule has 248 valence electrons. The van der Waals surface area contributed by atoms with Crippen LogP contribution in [-0.4, -0.2) is 87.9 Å². The molecule has 0 aromatic rings. The van der Waals surface area contributed by atoms with E-state index in [0.29, 0.717) is 44.5 Å². The first-order valence-electron chi connectivity index (χ1n) is 13.6. The van der Waals surface area contributed by atoms with Crippen molar-refractivity contribution in [2.45, 2.75) is 83.3 Å². The van der Waals surface area contributed by atoms with E-state index in [-0.39, 0.29) is 13.1 Å². The van der Waals surface area contributed by atoms with Gasteiger partial charge in [0, 0.05) is 32.3 Å². The second-order valence-corrected chi connectivity index (χ2v) is 12.8. The Bertz CT molecular complexity index is 973. The van der Waals surface area contributed by atoms with Crippen molar-refractivity contribution in [3.05, 3.63) is 24.8 Å². The minimum absolute atomic E-state index is 0.190. The van der Waals surface area contributed by atoms with Gasteiger partial charge in [-0.25, -0.2) is 9.59 Å². The first-order chi connectivity index (χ1) is 19.5. The number of carboxylic acids is 1. The molecule has 0 saturated carbocycles. The van der Waals surface area contributed by atoms with Crippen LogP contribution in [-0.2, 0) is 23.8 Å². The van der Waals surface area contributed by atoms with Gasteiger partial charge in [0.2, 0.25) is 0 Å². The molecular formula is C28H43BrF4N2O8. The summed E-state index contributed by atoms with van der Waals surface area (Å²) in [4.78, 5) is 46.3. The zero-order valence-corrected chi connectivity index (χ0v) is 27.1. The number of esters is 1. The van der Waals surface area contributed by atoms with E-state index in [1.807, 2.05) is 15.9 Å². The molecule has 2 fully saturated rings. The van der Waals surface area contributed by atoms with Crippen LogP contribution in [0.2, 0.25) is 0 Å². The molecule has 0 radical (unpaired) electrons. The third-order valence-electron chi connectivity index (χ3n) is 5.52. The summed E-state index contributed by atoms with van der Waals surface area (Å²) in [6.07, 6.45) is 0.839. The van der Waals surface area contributed by atoms with Crippen LogP contribution in [0.5, 0.6) is 0 Å². The molecule has 0 aromatic carbocycles. The number of hydrogen-bond acceptors (Lipinski definition) is 7. The molecule has 10 nitrogen and oxygen atoms in total. The zero-order chi connectivity index (χ0) is 33.6. The van der Waals surface area contributed by atoms with Gasteiger partial charge in [-0.3, -0.25) is 9.59 Å².